The van der Waals surface area contributed by atoms with Crippen molar-refractivity contribution in [3.63, 3.8) is 0 Å². The molecule has 0 spiro atoms. The fraction of sp³-hybridized carbons (Fsp3) is 0.381. The van der Waals surface area contributed by atoms with Crippen LogP contribution < -0.4 is 0 Å². The highest BCUT2D eigenvalue weighted by Crippen LogP contribution is 2.24. The highest BCUT2D eigenvalue weighted by molar-refractivity contribution is 6.23. The minimum atomic E-state index is -0.405. The number of rotatable bonds is 5. The highest BCUT2D eigenvalue weighted by atomic mass is 16.5. The predicted octanol–water partition coefficient (Wildman–Crippen LogP) is 2.76. The van der Waals surface area contributed by atoms with E-state index in [4.69, 9.17) is 4.74 Å². The molecule has 4 rings (SSSR count). The number of ketones is 1. The lowest BCUT2D eigenvalue weighted by Crippen LogP contribution is -2.35. The van der Waals surface area contributed by atoms with Gasteiger partial charge in [0.25, 0.3) is 11.8 Å². The quantitative estimate of drug-likeness (QED) is 0.603. The van der Waals surface area contributed by atoms with E-state index >= 15 is 0 Å². The van der Waals surface area contributed by atoms with Crippen molar-refractivity contribution < 1.29 is 19.1 Å². The van der Waals surface area contributed by atoms with Crippen molar-refractivity contribution in [3.8, 4) is 0 Å². The van der Waals surface area contributed by atoms with Crippen LogP contribution in [0.15, 0.2) is 30.3 Å². The monoisotopic (exact) mass is 366 g/mol. The Labute approximate surface area is 157 Å². The van der Waals surface area contributed by atoms with E-state index in [1.807, 2.05) is 19.9 Å². The number of imide groups is 1. The van der Waals surface area contributed by atoms with Gasteiger partial charge in [0.15, 0.2) is 5.78 Å². The second-order valence-corrected chi connectivity index (χ2v) is 7.20. The van der Waals surface area contributed by atoms with Crippen LogP contribution in [-0.2, 0) is 11.3 Å². The third kappa shape index (κ3) is 3.00. The van der Waals surface area contributed by atoms with Crippen molar-refractivity contribution in [2.45, 2.75) is 39.3 Å². The van der Waals surface area contributed by atoms with Crippen LogP contribution in [0.1, 0.15) is 55.3 Å². The summed E-state index contributed by atoms with van der Waals surface area (Å²) in [6, 6.07) is 8.51. The van der Waals surface area contributed by atoms with E-state index in [1.165, 1.54) is 0 Å². The maximum absolute atomic E-state index is 12.9. The van der Waals surface area contributed by atoms with Crippen molar-refractivity contribution in [1.29, 1.82) is 0 Å². The lowest BCUT2D eigenvalue weighted by Gasteiger charge is -2.15. The number of ether oxygens (including phenoxy) is 1. The van der Waals surface area contributed by atoms with Gasteiger partial charge in [-0.05, 0) is 44.9 Å². The van der Waals surface area contributed by atoms with Gasteiger partial charge in [0, 0.05) is 30.1 Å². The van der Waals surface area contributed by atoms with Gasteiger partial charge in [-0.1, -0.05) is 12.1 Å². The van der Waals surface area contributed by atoms with Crippen molar-refractivity contribution in [3.05, 3.63) is 58.4 Å². The zero-order chi connectivity index (χ0) is 19.1. The molecule has 1 atom stereocenters. The van der Waals surface area contributed by atoms with E-state index in [2.05, 4.69) is 4.57 Å². The van der Waals surface area contributed by atoms with Gasteiger partial charge in [-0.3, -0.25) is 19.3 Å². The van der Waals surface area contributed by atoms with E-state index in [9.17, 15) is 14.4 Å². The fourth-order valence-electron chi connectivity index (χ4n) is 3.97. The number of aryl methyl sites for hydroxylation is 1. The number of Topliss-reactive ketones (excluding diaryl/α,β-unsaturated/α-hetero) is 1. The molecule has 0 unspecified atom stereocenters. The molecule has 3 heterocycles. The average molecular weight is 366 g/mol. The normalized spacial score (nSPS) is 19.0. The molecule has 1 saturated heterocycles. The molecule has 6 heteroatoms. The SMILES string of the molecule is Cc1cc(C(=O)CN2C(=O)c3ccccc3C2=O)c(C)n1C[C@@H]1CCCO1. The van der Waals surface area contributed by atoms with Crippen LogP contribution in [-0.4, -0.2) is 46.3 Å². The molecule has 0 N–H and O–H groups in total. The summed E-state index contributed by atoms with van der Waals surface area (Å²) in [6.07, 6.45) is 2.26. The molecule has 1 aromatic carbocycles. The third-order valence-electron chi connectivity index (χ3n) is 5.46. The van der Waals surface area contributed by atoms with Crippen LogP contribution in [0.25, 0.3) is 0 Å². The number of nitrogens with zero attached hydrogens (tertiary/aromatic N) is 2. The van der Waals surface area contributed by atoms with Crippen LogP contribution >= 0.6 is 0 Å². The van der Waals surface area contributed by atoms with Gasteiger partial charge < -0.3 is 9.30 Å². The minimum absolute atomic E-state index is 0.175. The first kappa shape index (κ1) is 17.7. The van der Waals surface area contributed by atoms with Crippen LogP contribution in [0.3, 0.4) is 0 Å². The predicted molar refractivity (Wildman–Crippen MR) is 99.0 cm³/mol. The van der Waals surface area contributed by atoms with Gasteiger partial charge >= 0.3 is 0 Å². The molecule has 6 nitrogen and oxygen atoms in total. The molecule has 2 aromatic rings. The van der Waals surface area contributed by atoms with E-state index in [0.29, 0.717) is 16.7 Å². The first-order chi connectivity index (χ1) is 13.0. The topological polar surface area (TPSA) is 68.6 Å². The van der Waals surface area contributed by atoms with Crippen molar-refractivity contribution in [2.75, 3.05) is 13.2 Å². The largest absolute Gasteiger partial charge is 0.376 e. The average Bonchev–Trinajstić information content (AvgIpc) is 3.34. The van der Waals surface area contributed by atoms with Crippen LogP contribution in [0.5, 0.6) is 0 Å². The Kier molecular flexibility index (Phi) is 4.44. The van der Waals surface area contributed by atoms with Crippen LogP contribution in [0, 0.1) is 13.8 Å². The maximum atomic E-state index is 12.9. The summed E-state index contributed by atoms with van der Waals surface area (Å²) in [4.78, 5) is 38.9. The Bertz CT molecular complexity index is 903. The Hall–Kier alpha value is -2.73. The molecule has 1 fully saturated rings. The summed E-state index contributed by atoms with van der Waals surface area (Å²) in [5.41, 5.74) is 3.11. The fourth-order valence-corrected chi connectivity index (χ4v) is 3.97. The Balaban J connectivity index is 1.54. The molecule has 27 heavy (non-hydrogen) atoms. The standard InChI is InChI=1S/C21H22N2O4/c1-13-10-18(14(2)22(13)11-15-6-5-9-27-15)19(24)12-23-20(25)16-7-3-4-8-17(16)21(23)26/h3-4,7-8,10,15H,5-6,9,11-12H2,1-2H3/t15-/m0/s1. The van der Waals surface area contributed by atoms with Gasteiger partial charge in [-0.25, -0.2) is 0 Å². The molecule has 0 bridgehead atoms. The minimum Gasteiger partial charge on any atom is -0.376 e. The first-order valence-electron chi connectivity index (χ1n) is 9.24. The van der Waals surface area contributed by atoms with Gasteiger partial charge in [0.1, 0.15) is 0 Å². The van der Waals surface area contributed by atoms with Crippen molar-refractivity contribution >= 4 is 17.6 Å². The lowest BCUT2D eigenvalue weighted by molar-refractivity contribution is 0.0624. The van der Waals surface area contributed by atoms with Crippen LogP contribution in [0.4, 0.5) is 0 Å². The van der Waals surface area contributed by atoms with E-state index in [-0.39, 0.29) is 18.4 Å². The molecule has 0 radical (unpaired) electrons. The third-order valence-corrected chi connectivity index (χ3v) is 5.46. The van der Waals surface area contributed by atoms with E-state index < -0.39 is 11.8 Å². The number of carbonyl (C=O) groups excluding carboxylic acids is 3. The molecular weight excluding hydrogens is 344 g/mol. The van der Waals surface area contributed by atoms with Crippen LogP contribution in [0.2, 0.25) is 0 Å². The zero-order valence-electron chi connectivity index (χ0n) is 15.5. The number of aromatic nitrogens is 1. The van der Waals surface area contributed by atoms with Gasteiger partial charge in [-0.2, -0.15) is 0 Å². The molecule has 2 aliphatic rings. The number of fused-ring (bicyclic) bond motifs is 1. The molecule has 2 amide bonds. The van der Waals surface area contributed by atoms with Crippen molar-refractivity contribution in [2.24, 2.45) is 0 Å². The second kappa shape index (κ2) is 6.78. The second-order valence-electron chi connectivity index (χ2n) is 7.20. The summed E-state index contributed by atoms with van der Waals surface area (Å²) in [5, 5.41) is 0. The number of hydrogen-bond acceptors (Lipinski definition) is 4. The summed E-state index contributed by atoms with van der Waals surface area (Å²) >= 11 is 0. The molecule has 1 aromatic heterocycles. The molecule has 0 aliphatic carbocycles. The maximum Gasteiger partial charge on any atom is 0.261 e. The van der Waals surface area contributed by atoms with E-state index in [0.717, 1.165) is 42.3 Å². The summed E-state index contributed by atoms with van der Waals surface area (Å²) in [7, 11) is 0. The van der Waals surface area contributed by atoms with E-state index in [1.54, 1.807) is 24.3 Å². The molecular formula is C21H22N2O4. The van der Waals surface area contributed by atoms with Gasteiger partial charge in [0.2, 0.25) is 0 Å². The summed E-state index contributed by atoms with van der Waals surface area (Å²) in [5.74, 6) is -1.04. The number of carbonyl (C=O) groups is 3. The van der Waals surface area contributed by atoms with Crippen molar-refractivity contribution in [1.82, 2.24) is 9.47 Å². The Morgan fingerprint density at radius 3 is 2.41 bits per heavy atom. The molecule has 0 saturated carbocycles. The highest BCUT2D eigenvalue weighted by Gasteiger charge is 2.36. The smallest absolute Gasteiger partial charge is 0.261 e. The first-order valence-corrected chi connectivity index (χ1v) is 9.24. The number of amides is 2. The summed E-state index contributed by atoms with van der Waals surface area (Å²) in [6.45, 7) is 5.13. The molecule has 140 valence electrons. The number of hydrogen-bond donors (Lipinski definition) is 0. The summed E-state index contributed by atoms with van der Waals surface area (Å²) < 4.78 is 7.79. The van der Waals surface area contributed by atoms with Gasteiger partial charge in [0.05, 0.1) is 23.8 Å². The number of benzene rings is 1. The Morgan fingerprint density at radius 2 is 1.81 bits per heavy atom. The Morgan fingerprint density at radius 1 is 1.15 bits per heavy atom. The lowest BCUT2D eigenvalue weighted by atomic mass is 10.1. The molecule has 2 aliphatic heterocycles. The van der Waals surface area contributed by atoms with Gasteiger partial charge in [-0.15, -0.1) is 0 Å². The zero-order valence-corrected chi connectivity index (χ0v) is 15.5.